The fraction of sp³-hybridized carbons (Fsp3) is 0.364. The number of furan rings is 1. The average molecular weight is 222 g/mol. The summed E-state index contributed by atoms with van der Waals surface area (Å²) < 4.78 is 5.46. The minimum absolute atomic E-state index is 0.0198. The van der Waals surface area contributed by atoms with Crippen LogP contribution in [0.3, 0.4) is 0 Å². The van der Waals surface area contributed by atoms with Crippen molar-refractivity contribution in [2.45, 2.75) is 26.3 Å². The van der Waals surface area contributed by atoms with Crippen LogP contribution in [0.2, 0.25) is 0 Å². The summed E-state index contributed by atoms with van der Waals surface area (Å²) in [4.78, 5) is 4.23. The van der Waals surface area contributed by atoms with Gasteiger partial charge in [0.15, 0.2) is 0 Å². The van der Waals surface area contributed by atoms with Crippen molar-refractivity contribution < 1.29 is 4.42 Å². The summed E-state index contributed by atoms with van der Waals surface area (Å²) >= 11 is 1.64. The molecule has 0 bridgehead atoms. The van der Waals surface area contributed by atoms with Gasteiger partial charge in [0.05, 0.1) is 5.01 Å². The van der Waals surface area contributed by atoms with Gasteiger partial charge < -0.3 is 10.2 Å². The molecule has 0 amide bonds. The molecular weight excluding hydrogens is 208 g/mol. The van der Waals surface area contributed by atoms with Gasteiger partial charge in [-0.25, -0.2) is 4.98 Å². The van der Waals surface area contributed by atoms with E-state index in [1.807, 2.05) is 25.3 Å². The standard InChI is InChI=1S/C11H14N2OS/c1-7-5-9(8(2)14-7)10(12)6-11-13-3-4-15-11/h3-5,10H,6,12H2,1-2H3. The number of aromatic nitrogens is 1. The summed E-state index contributed by atoms with van der Waals surface area (Å²) in [5, 5.41) is 3.04. The molecule has 2 rings (SSSR count). The third kappa shape index (κ3) is 2.27. The number of rotatable bonds is 3. The molecule has 2 aromatic heterocycles. The molecule has 3 nitrogen and oxygen atoms in total. The Morgan fingerprint density at radius 3 is 2.87 bits per heavy atom. The van der Waals surface area contributed by atoms with Crippen molar-refractivity contribution >= 4 is 11.3 Å². The van der Waals surface area contributed by atoms with Crippen molar-refractivity contribution in [3.05, 3.63) is 39.7 Å². The van der Waals surface area contributed by atoms with E-state index in [-0.39, 0.29) is 6.04 Å². The van der Waals surface area contributed by atoms with E-state index in [0.29, 0.717) is 0 Å². The number of nitrogens with two attached hydrogens (primary N) is 1. The third-order valence-corrected chi connectivity index (χ3v) is 3.16. The number of aryl methyl sites for hydroxylation is 2. The number of nitrogens with zero attached hydrogens (tertiary/aromatic N) is 1. The van der Waals surface area contributed by atoms with Crippen LogP contribution in [0.5, 0.6) is 0 Å². The van der Waals surface area contributed by atoms with E-state index in [9.17, 15) is 0 Å². The maximum Gasteiger partial charge on any atom is 0.105 e. The van der Waals surface area contributed by atoms with Crippen molar-refractivity contribution in [1.82, 2.24) is 4.98 Å². The summed E-state index contributed by atoms with van der Waals surface area (Å²) in [7, 11) is 0. The van der Waals surface area contributed by atoms with Gasteiger partial charge >= 0.3 is 0 Å². The molecule has 15 heavy (non-hydrogen) atoms. The van der Waals surface area contributed by atoms with Gasteiger partial charge in [-0.3, -0.25) is 0 Å². The van der Waals surface area contributed by atoms with E-state index in [2.05, 4.69) is 4.98 Å². The Balaban J connectivity index is 2.14. The lowest BCUT2D eigenvalue weighted by atomic mass is 10.1. The van der Waals surface area contributed by atoms with Gasteiger partial charge in [0, 0.05) is 29.6 Å². The summed E-state index contributed by atoms with van der Waals surface area (Å²) in [5.74, 6) is 1.83. The van der Waals surface area contributed by atoms with Crippen molar-refractivity contribution in [2.24, 2.45) is 5.73 Å². The minimum atomic E-state index is -0.0198. The van der Waals surface area contributed by atoms with E-state index < -0.39 is 0 Å². The highest BCUT2D eigenvalue weighted by Gasteiger charge is 2.14. The normalized spacial score (nSPS) is 13.0. The first-order valence-electron chi connectivity index (χ1n) is 4.87. The molecule has 2 aromatic rings. The molecule has 0 saturated heterocycles. The Labute approximate surface area is 92.9 Å². The molecule has 1 atom stereocenters. The second-order valence-corrected chi connectivity index (χ2v) is 4.58. The van der Waals surface area contributed by atoms with E-state index in [0.717, 1.165) is 28.5 Å². The van der Waals surface area contributed by atoms with Gasteiger partial charge in [-0.05, 0) is 19.9 Å². The van der Waals surface area contributed by atoms with Crippen LogP contribution in [-0.4, -0.2) is 4.98 Å². The van der Waals surface area contributed by atoms with Crippen LogP contribution < -0.4 is 5.73 Å². The predicted octanol–water partition coefficient (Wildman–Crippen LogP) is 2.60. The fourth-order valence-electron chi connectivity index (χ4n) is 1.67. The summed E-state index contributed by atoms with van der Waals surface area (Å²) in [6.45, 7) is 3.89. The molecule has 0 saturated carbocycles. The molecule has 4 heteroatoms. The van der Waals surface area contributed by atoms with Crippen LogP contribution in [0.25, 0.3) is 0 Å². The van der Waals surface area contributed by atoms with Crippen LogP contribution in [-0.2, 0) is 6.42 Å². The van der Waals surface area contributed by atoms with Gasteiger partial charge in [-0.1, -0.05) is 0 Å². The summed E-state index contributed by atoms with van der Waals surface area (Å²) in [5.41, 5.74) is 7.19. The second kappa shape index (κ2) is 4.16. The van der Waals surface area contributed by atoms with Gasteiger partial charge in [0.1, 0.15) is 11.5 Å². The van der Waals surface area contributed by atoms with Crippen LogP contribution in [0, 0.1) is 13.8 Å². The molecule has 0 spiro atoms. The third-order valence-electron chi connectivity index (χ3n) is 2.36. The molecule has 0 aliphatic rings. The lowest BCUT2D eigenvalue weighted by molar-refractivity contribution is 0.497. The molecule has 2 N–H and O–H groups in total. The van der Waals surface area contributed by atoms with Crippen molar-refractivity contribution in [3.8, 4) is 0 Å². The molecule has 0 aliphatic carbocycles. The van der Waals surface area contributed by atoms with E-state index in [1.54, 1.807) is 17.5 Å². The lowest BCUT2D eigenvalue weighted by Crippen LogP contribution is -2.13. The van der Waals surface area contributed by atoms with Crippen molar-refractivity contribution in [2.75, 3.05) is 0 Å². The van der Waals surface area contributed by atoms with Crippen molar-refractivity contribution in [3.63, 3.8) is 0 Å². The molecule has 0 fully saturated rings. The Morgan fingerprint density at radius 1 is 1.53 bits per heavy atom. The molecule has 2 heterocycles. The zero-order valence-electron chi connectivity index (χ0n) is 8.86. The molecule has 0 aromatic carbocycles. The largest absolute Gasteiger partial charge is 0.466 e. The first kappa shape index (κ1) is 10.4. The Kier molecular flexibility index (Phi) is 2.88. The fourth-order valence-corrected chi connectivity index (χ4v) is 2.35. The molecule has 1 unspecified atom stereocenters. The number of hydrogen-bond donors (Lipinski definition) is 1. The van der Waals surface area contributed by atoms with E-state index >= 15 is 0 Å². The lowest BCUT2D eigenvalue weighted by Gasteiger charge is -2.07. The smallest absolute Gasteiger partial charge is 0.105 e. The highest BCUT2D eigenvalue weighted by Crippen LogP contribution is 2.23. The van der Waals surface area contributed by atoms with Crippen LogP contribution in [0.1, 0.15) is 28.1 Å². The summed E-state index contributed by atoms with van der Waals surface area (Å²) in [6.07, 6.45) is 2.58. The predicted molar refractivity (Wildman–Crippen MR) is 60.9 cm³/mol. The van der Waals surface area contributed by atoms with Gasteiger partial charge in [0.2, 0.25) is 0 Å². The topological polar surface area (TPSA) is 52.0 Å². The monoisotopic (exact) mass is 222 g/mol. The maximum absolute atomic E-state index is 6.11. The average Bonchev–Trinajstić information content (AvgIpc) is 2.75. The molecule has 80 valence electrons. The van der Waals surface area contributed by atoms with Gasteiger partial charge in [-0.2, -0.15) is 0 Å². The Morgan fingerprint density at radius 2 is 2.33 bits per heavy atom. The van der Waals surface area contributed by atoms with Gasteiger partial charge in [0.25, 0.3) is 0 Å². The van der Waals surface area contributed by atoms with Crippen molar-refractivity contribution in [1.29, 1.82) is 0 Å². The highest BCUT2D eigenvalue weighted by atomic mass is 32.1. The Bertz CT molecular complexity index is 433. The molecular formula is C11H14N2OS. The zero-order valence-corrected chi connectivity index (χ0v) is 9.67. The van der Waals surface area contributed by atoms with Crippen LogP contribution in [0.15, 0.2) is 22.1 Å². The van der Waals surface area contributed by atoms with Crippen LogP contribution >= 0.6 is 11.3 Å². The molecule has 0 aliphatic heterocycles. The number of thiazole rings is 1. The quantitative estimate of drug-likeness (QED) is 0.868. The minimum Gasteiger partial charge on any atom is -0.466 e. The zero-order chi connectivity index (χ0) is 10.8. The van der Waals surface area contributed by atoms with E-state index in [4.69, 9.17) is 10.2 Å². The highest BCUT2D eigenvalue weighted by molar-refractivity contribution is 7.09. The second-order valence-electron chi connectivity index (χ2n) is 3.61. The SMILES string of the molecule is Cc1cc(C(N)Cc2nccs2)c(C)o1. The first-order valence-corrected chi connectivity index (χ1v) is 5.75. The van der Waals surface area contributed by atoms with E-state index in [1.165, 1.54) is 0 Å². The maximum atomic E-state index is 6.11. The Hall–Kier alpha value is -1.13. The number of hydrogen-bond acceptors (Lipinski definition) is 4. The first-order chi connectivity index (χ1) is 7.16. The summed E-state index contributed by atoms with van der Waals surface area (Å²) in [6, 6.07) is 1.99. The molecule has 0 radical (unpaired) electrons. The van der Waals surface area contributed by atoms with Crippen LogP contribution in [0.4, 0.5) is 0 Å². The van der Waals surface area contributed by atoms with Gasteiger partial charge in [-0.15, -0.1) is 11.3 Å².